The first kappa shape index (κ1) is 29.8. The van der Waals surface area contributed by atoms with Crippen LogP contribution in [0.25, 0.3) is 50.5 Å². The molecule has 230 valence electrons. The maximum absolute atomic E-state index is 13.7. The van der Waals surface area contributed by atoms with Gasteiger partial charge in [-0.15, -0.1) is 0 Å². The van der Waals surface area contributed by atoms with Gasteiger partial charge in [0, 0.05) is 35.2 Å². The second kappa shape index (κ2) is 11.0. The van der Waals surface area contributed by atoms with Crippen LogP contribution in [0, 0.1) is 5.82 Å². The number of carbonyl (C=O) groups is 1. The molecule has 14 heteroatoms. The van der Waals surface area contributed by atoms with Crippen molar-refractivity contribution < 1.29 is 35.2 Å². The van der Waals surface area contributed by atoms with Crippen molar-refractivity contribution in [1.29, 1.82) is 0 Å². The number of anilines is 1. The van der Waals surface area contributed by atoms with Crippen molar-refractivity contribution in [3.05, 3.63) is 95.9 Å². The Labute approximate surface area is 253 Å². The Bertz CT molecular complexity index is 2190. The van der Waals surface area contributed by atoms with E-state index < -0.39 is 33.5 Å². The minimum absolute atomic E-state index is 0.107. The molecule has 1 amide bonds. The Hall–Kier alpha value is -5.24. The van der Waals surface area contributed by atoms with Crippen LogP contribution in [0.3, 0.4) is 0 Å². The fourth-order valence-electron chi connectivity index (χ4n) is 4.88. The van der Waals surface area contributed by atoms with Crippen LogP contribution in [0.1, 0.15) is 22.8 Å². The first-order chi connectivity index (χ1) is 21.4. The molecule has 0 saturated carbocycles. The molecule has 3 aromatic carbocycles. The van der Waals surface area contributed by atoms with Gasteiger partial charge < -0.3 is 9.73 Å². The molecule has 0 fully saturated rings. The van der Waals surface area contributed by atoms with Crippen LogP contribution in [0.5, 0.6) is 0 Å². The van der Waals surface area contributed by atoms with Gasteiger partial charge in [0.15, 0.2) is 5.65 Å². The summed E-state index contributed by atoms with van der Waals surface area (Å²) >= 11 is 0. The number of aromatic nitrogens is 3. The second-order valence-electron chi connectivity index (χ2n) is 10.00. The average molecular weight is 638 g/mol. The fraction of sp³-hybridized carbons (Fsp3) is 0.129. The van der Waals surface area contributed by atoms with Gasteiger partial charge in [0.05, 0.1) is 40.2 Å². The third kappa shape index (κ3) is 5.59. The number of nitrogens with one attached hydrogen (secondary N) is 2. The summed E-state index contributed by atoms with van der Waals surface area (Å²) in [6.45, 7) is 1.47. The molecule has 3 heterocycles. The van der Waals surface area contributed by atoms with E-state index in [9.17, 15) is 30.8 Å². The van der Waals surface area contributed by atoms with E-state index in [0.29, 0.717) is 27.9 Å². The van der Waals surface area contributed by atoms with Crippen molar-refractivity contribution in [2.45, 2.75) is 13.1 Å². The van der Waals surface area contributed by atoms with Crippen LogP contribution < -0.4 is 10.0 Å². The molecular formula is C31H23F4N5O4S. The normalized spacial score (nSPS) is 12.1. The molecule has 9 nitrogen and oxygen atoms in total. The number of rotatable bonds is 7. The zero-order valence-corrected chi connectivity index (χ0v) is 24.4. The average Bonchev–Trinajstić information content (AvgIpc) is 3.61. The van der Waals surface area contributed by atoms with Crippen molar-refractivity contribution in [2.75, 3.05) is 17.5 Å². The van der Waals surface area contributed by atoms with Crippen LogP contribution in [-0.2, 0) is 16.2 Å². The highest BCUT2D eigenvalue weighted by Crippen LogP contribution is 2.40. The van der Waals surface area contributed by atoms with Crippen LogP contribution in [0.15, 0.2) is 83.4 Å². The number of fused-ring (bicyclic) bond motifs is 2. The van der Waals surface area contributed by atoms with Gasteiger partial charge in [0.1, 0.15) is 17.2 Å². The molecule has 0 atom stereocenters. The van der Waals surface area contributed by atoms with Crippen LogP contribution in [-0.4, -0.2) is 41.7 Å². The predicted octanol–water partition coefficient (Wildman–Crippen LogP) is 6.76. The van der Waals surface area contributed by atoms with Gasteiger partial charge in [-0.2, -0.15) is 18.3 Å². The molecule has 0 aliphatic carbocycles. The van der Waals surface area contributed by atoms with Crippen LogP contribution >= 0.6 is 0 Å². The Morgan fingerprint density at radius 3 is 2.31 bits per heavy atom. The summed E-state index contributed by atoms with van der Waals surface area (Å²) in [6.07, 6.45) is -3.03. The summed E-state index contributed by atoms with van der Waals surface area (Å²) in [6, 6.07) is 16.1. The van der Waals surface area contributed by atoms with E-state index in [4.69, 9.17) is 4.42 Å². The highest BCUT2D eigenvalue weighted by atomic mass is 32.2. The largest absolute Gasteiger partial charge is 0.455 e. The van der Waals surface area contributed by atoms with Crippen molar-refractivity contribution in [3.8, 4) is 33.8 Å². The van der Waals surface area contributed by atoms with Gasteiger partial charge in [-0.05, 0) is 61.5 Å². The molecule has 0 saturated heterocycles. The van der Waals surface area contributed by atoms with E-state index in [2.05, 4.69) is 20.1 Å². The first-order valence-electron chi connectivity index (χ1n) is 13.5. The highest BCUT2D eigenvalue weighted by molar-refractivity contribution is 7.92. The summed E-state index contributed by atoms with van der Waals surface area (Å²) in [5.41, 5.74) is 1.78. The smallest absolute Gasteiger partial charge is 0.416 e. The van der Waals surface area contributed by atoms with Gasteiger partial charge >= 0.3 is 6.18 Å². The summed E-state index contributed by atoms with van der Waals surface area (Å²) < 4.78 is 88.6. The molecule has 0 spiro atoms. The number of hydrogen-bond donors (Lipinski definition) is 2. The third-order valence-corrected chi connectivity index (χ3v) is 8.47. The Kier molecular flexibility index (Phi) is 7.31. The number of nitrogens with zero attached hydrogens (tertiary/aromatic N) is 3. The molecule has 45 heavy (non-hydrogen) atoms. The van der Waals surface area contributed by atoms with Crippen LogP contribution in [0.4, 0.5) is 23.2 Å². The molecule has 0 radical (unpaired) electrons. The number of benzene rings is 3. The minimum Gasteiger partial charge on any atom is -0.455 e. The lowest BCUT2D eigenvalue weighted by molar-refractivity contribution is -0.137. The van der Waals surface area contributed by atoms with E-state index >= 15 is 0 Å². The van der Waals surface area contributed by atoms with Crippen molar-refractivity contribution in [1.82, 2.24) is 19.9 Å². The predicted molar refractivity (Wildman–Crippen MR) is 161 cm³/mol. The van der Waals surface area contributed by atoms with E-state index in [1.165, 1.54) is 67.1 Å². The molecule has 6 rings (SSSR count). The van der Waals surface area contributed by atoms with Gasteiger partial charge in [-0.1, -0.05) is 12.1 Å². The number of furan rings is 1. The number of sulfonamides is 1. The summed E-state index contributed by atoms with van der Waals surface area (Å²) in [7, 11) is -2.36. The Morgan fingerprint density at radius 1 is 0.978 bits per heavy atom. The molecule has 2 N–H and O–H groups in total. The molecule has 3 aromatic heterocycles. The SMILES string of the molecule is CCS(=O)(=O)Nc1cc2oc(-c3ccc(F)cc3)c(C(=O)NC)c2cc1-c1ccc2ncc(-c3ccc(C(F)(F)F)cc3)n2n1. The molecule has 0 bridgehead atoms. The lowest BCUT2D eigenvalue weighted by atomic mass is 10.0. The number of alkyl halides is 3. The number of carbonyl (C=O) groups excluding carboxylic acids is 1. The monoisotopic (exact) mass is 637 g/mol. The van der Waals surface area contributed by atoms with Crippen molar-refractivity contribution in [2.24, 2.45) is 0 Å². The quantitative estimate of drug-likeness (QED) is 0.187. The highest BCUT2D eigenvalue weighted by Gasteiger charge is 2.30. The van der Waals surface area contributed by atoms with Gasteiger partial charge in [0.25, 0.3) is 5.91 Å². The van der Waals surface area contributed by atoms with E-state index in [1.807, 2.05) is 0 Å². The van der Waals surface area contributed by atoms with Gasteiger partial charge in [-0.3, -0.25) is 9.52 Å². The fourth-order valence-corrected chi connectivity index (χ4v) is 5.53. The lowest BCUT2D eigenvalue weighted by Crippen LogP contribution is -2.18. The van der Waals surface area contributed by atoms with Crippen molar-refractivity contribution >= 4 is 38.2 Å². The van der Waals surface area contributed by atoms with Crippen LogP contribution in [0.2, 0.25) is 0 Å². The number of amides is 1. The number of halogens is 4. The molecular weight excluding hydrogens is 614 g/mol. The van der Waals surface area contributed by atoms with Gasteiger partial charge in [0.2, 0.25) is 10.0 Å². The summed E-state index contributed by atoms with van der Waals surface area (Å²) in [4.78, 5) is 17.4. The topological polar surface area (TPSA) is 119 Å². The van der Waals surface area contributed by atoms with E-state index in [-0.39, 0.29) is 39.6 Å². The Morgan fingerprint density at radius 2 is 1.67 bits per heavy atom. The summed E-state index contributed by atoms with van der Waals surface area (Å²) in [5, 5.41) is 7.58. The van der Waals surface area contributed by atoms with E-state index in [0.717, 1.165) is 12.1 Å². The third-order valence-electron chi connectivity index (χ3n) is 7.18. The lowest BCUT2D eigenvalue weighted by Gasteiger charge is -2.13. The molecule has 0 aliphatic heterocycles. The zero-order chi connectivity index (χ0) is 32.1. The van der Waals surface area contributed by atoms with Crippen molar-refractivity contribution in [3.63, 3.8) is 0 Å². The first-order valence-corrected chi connectivity index (χ1v) is 15.2. The minimum atomic E-state index is -4.50. The number of imidazole rings is 1. The van der Waals surface area contributed by atoms with E-state index in [1.54, 1.807) is 18.2 Å². The molecule has 0 aliphatic rings. The standard InChI is InChI=1S/C31H23F4N5O4S/c1-3-45(42,43)39-24-15-26-22(28(30(41)36-2)29(44-26)18-6-10-20(32)11-7-18)14-21(24)23-12-13-27-37-16-25(40(27)38-23)17-4-8-19(9-5-17)31(33,34)35/h4-16,39H,3H2,1-2H3,(H,36,41). The Balaban J connectivity index is 1.57. The molecule has 6 aromatic rings. The van der Waals surface area contributed by atoms with Gasteiger partial charge in [-0.25, -0.2) is 22.3 Å². The maximum atomic E-state index is 13.7. The zero-order valence-electron chi connectivity index (χ0n) is 23.6. The number of hydrogen-bond acceptors (Lipinski definition) is 6. The second-order valence-corrected chi connectivity index (χ2v) is 12.0. The summed E-state index contributed by atoms with van der Waals surface area (Å²) in [5.74, 6) is -1.07. The molecule has 0 unspecified atom stereocenters. The maximum Gasteiger partial charge on any atom is 0.416 e.